The number of nitrogens with zero attached hydrogens (tertiary/aromatic N) is 1. The predicted octanol–water partition coefficient (Wildman–Crippen LogP) is 3.68. The number of carboxylic acid groups (broad SMARTS) is 1. The predicted molar refractivity (Wildman–Crippen MR) is 64.5 cm³/mol. The van der Waals surface area contributed by atoms with E-state index < -0.39 is 17.7 Å². The summed E-state index contributed by atoms with van der Waals surface area (Å²) >= 11 is 1.09. The molecule has 2 aromatic rings. The van der Waals surface area contributed by atoms with E-state index >= 15 is 0 Å². The highest BCUT2D eigenvalue weighted by molar-refractivity contribution is 7.98. The third-order valence-corrected chi connectivity index (χ3v) is 3.33. The van der Waals surface area contributed by atoms with Crippen LogP contribution in [-0.4, -0.2) is 16.1 Å². The average molecular weight is 303 g/mol. The summed E-state index contributed by atoms with van der Waals surface area (Å²) in [6, 6.07) is 3.48. The van der Waals surface area contributed by atoms with E-state index in [0.29, 0.717) is 5.03 Å². The Hall–Kier alpha value is -1.96. The number of rotatable bonds is 4. The fourth-order valence-corrected chi connectivity index (χ4v) is 2.21. The first-order chi connectivity index (χ1) is 9.38. The molecule has 0 unspecified atom stereocenters. The zero-order valence-corrected chi connectivity index (χ0v) is 10.7. The fraction of sp³-hybridized carbons (Fsp3) is 0.167. The first-order valence-electron chi connectivity index (χ1n) is 5.33. The molecule has 0 spiro atoms. The van der Waals surface area contributed by atoms with Crippen molar-refractivity contribution in [2.75, 3.05) is 0 Å². The molecule has 0 radical (unpaired) electrons. The Kier molecular flexibility index (Phi) is 4.03. The number of hydrogen-bond donors (Lipinski definition) is 1. The Morgan fingerprint density at radius 2 is 2.10 bits per heavy atom. The molecule has 20 heavy (non-hydrogen) atoms. The minimum absolute atomic E-state index is 0.0319. The van der Waals surface area contributed by atoms with Crippen LogP contribution in [-0.2, 0) is 11.9 Å². The molecule has 0 bridgehead atoms. The molecule has 0 aliphatic rings. The molecule has 0 saturated heterocycles. The van der Waals surface area contributed by atoms with Gasteiger partial charge >= 0.3 is 12.1 Å². The van der Waals surface area contributed by atoms with Crippen molar-refractivity contribution in [1.82, 2.24) is 4.98 Å². The van der Waals surface area contributed by atoms with Crippen LogP contribution in [0.25, 0.3) is 0 Å². The van der Waals surface area contributed by atoms with Gasteiger partial charge in [0.15, 0.2) is 0 Å². The summed E-state index contributed by atoms with van der Waals surface area (Å²) in [7, 11) is 0. The normalized spacial score (nSPS) is 11.6. The summed E-state index contributed by atoms with van der Waals surface area (Å²) in [5.74, 6) is -0.702. The van der Waals surface area contributed by atoms with Gasteiger partial charge in [0.05, 0.1) is 22.6 Å². The standard InChI is InChI=1S/C12H8F3NO3S/c13-12(14,15)7-1-2-10(16-5-7)20-6-9-8(11(17)18)3-4-19-9/h1-5H,6H2,(H,17,18). The molecule has 106 valence electrons. The zero-order chi connectivity index (χ0) is 14.8. The maximum atomic E-state index is 12.3. The number of thioether (sulfide) groups is 1. The first kappa shape index (κ1) is 14.4. The monoisotopic (exact) mass is 303 g/mol. The Balaban J connectivity index is 2.04. The second-order valence-electron chi connectivity index (χ2n) is 3.73. The van der Waals surface area contributed by atoms with E-state index in [1.54, 1.807) is 0 Å². The molecule has 0 aliphatic heterocycles. The summed E-state index contributed by atoms with van der Waals surface area (Å²) in [6.45, 7) is 0. The van der Waals surface area contributed by atoms with Crippen LogP contribution in [0.2, 0.25) is 0 Å². The van der Waals surface area contributed by atoms with Gasteiger partial charge in [-0.2, -0.15) is 13.2 Å². The second-order valence-corrected chi connectivity index (χ2v) is 4.73. The minimum atomic E-state index is -4.42. The molecule has 1 N–H and O–H groups in total. The van der Waals surface area contributed by atoms with Gasteiger partial charge < -0.3 is 9.52 Å². The lowest BCUT2D eigenvalue weighted by atomic mass is 10.3. The number of carboxylic acids is 1. The number of furan rings is 1. The van der Waals surface area contributed by atoms with Gasteiger partial charge in [0, 0.05) is 6.20 Å². The molecule has 0 aliphatic carbocycles. The van der Waals surface area contributed by atoms with Crippen LogP contribution >= 0.6 is 11.8 Å². The number of alkyl halides is 3. The van der Waals surface area contributed by atoms with Gasteiger partial charge in [0.2, 0.25) is 0 Å². The lowest BCUT2D eigenvalue weighted by molar-refractivity contribution is -0.137. The molecule has 8 heteroatoms. The summed E-state index contributed by atoms with van der Waals surface area (Å²) in [4.78, 5) is 14.5. The number of pyridine rings is 1. The van der Waals surface area contributed by atoms with Gasteiger partial charge in [-0.3, -0.25) is 0 Å². The van der Waals surface area contributed by atoms with E-state index in [4.69, 9.17) is 9.52 Å². The lowest BCUT2D eigenvalue weighted by Gasteiger charge is -2.06. The van der Waals surface area contributed by atoms with Crippen LogP contribution in [0.1, 0.15) is 21.7 Å². The smallest absolute Gasteiger partial charge is 0.417 e. The largest absolute Gasteiger partial charge is 0.478 e. The molecule has 0 fully saturated rings. The van der Waals surface area contributed by atoms with Crippen molar-refractivity contribution >= 4 is 17.7 Å². The van der Waals surface area contributed by atoms with Crippen LogP contribution in [0.3, 0.4) is 0 Å². The van der Waals surface area contributed by atoms with Gasteiger partial charge in [-0.1, -0.05) is 11.8 Å². The second kappa shape index (κ2) is 5.58. The molecule has 4 nitrogen and oxygen atoms in total. The van der Waals surface area contributed by atoms with Crippen LogP contribution in [0, 0.1) is 0 Å². The van der Waals surface area contributed by atoms with E-state index in [0.717, 1.165) is 24.0 Å². The van der Waals surface area contributed by atoms with Crippen molar-refractivity contribution in [1.29, 1.82) is 0 Å². The Morgan fingerprint density at radius 1 is 1.35 bits per heavy atom. The summed E-state index contributed by atoms with van der Waals surface area (Å²) in [5.41, 5.74) is -0.796. The van der Waals surface area contributed by atoms with E-state index in [1.165, 1.54) is 18.4 Å². The highest BCUT2D eigenvalue weighted by Crippen LogP contribution is 2.30. The van der Waals surface area contributed by atoms with Crippen LogP contribution in [0.5, 0.6) is 0 Å². The van der Waals surface area contributed by atoms with Crippen LogP contribution < -0.4 is 0 Å². The van der Waals surface area contributed by atoms with Crippen molar-refractivity contribution in [2.24, 2.45) is 0 Å². The van der Waals surface area contributed by atoms with Crippen LogP contribution in [0.15, 0.2) is 40.1 Å². The molecule has 2 aromatic heterocycles. The molecule has 2 rings (SSSR count). The maximum absolute atomic E-state index is 12.3. The topological polar surface area (TPSA) is 63.3 Å². The molecular weight excluding hydrogens is 295 g/mol. The maximum Gasteiger partial charge on any atom is 0.417 e. The van der Waals surface area contributed by atoms with Gasteiger partial charge in [-0.15, -0.1) is 0 Å². The van der Waals surface area contributed by atoms with Crippen molar-refractivity contribution < 1.29 is 27.5 Å². The molecule has 0 amide bonds. The van der Waals surface area contributed by atoms with E-state index in [2.05, 4.69) is 4.98 Å². The van der Waals surface area contributed by atoms with Crippen molar-refractivity contribution in [3.8, 4) is 0 Å². The number of hydrogen-bond acceptors (Lipinski definition) is 4. The molecule has 2 heterocycles. The first-order valence-corrected chi connectivity index (χ1v) is 6.32. The Labute approximate surface area is 115 Å². The highest BCUT2D eigenvalue weighted by Gasteiger charge is 2.30. The molecule has 0 atom stereocenters. The SMILES string of the molecule is O=C(O)c1ccoc1CSc1ccc(C(F)(F)F)cn1. The zero-order valence-electron chi connectivity index (χ0n) is 9.85. The third kappa shape index (κ3) is 3.32. The lowest BCUT2D eigenvalue weighted by Crippen LogP contribution is -2.05. The van der Waals surface area contributed by atoms with Crippen molar-refractivity contribution in [3.05, 3.63) is 47.5 Å². The van der Waals surface area contributed by atoms with Crippen molar-refractivity contribution in [2.45, 2.75) is 17.0 Å². The van der Waals surface area contributed by atoms with Gasteiger partial charge in [-0.05, 0) is 18.2 Å². The van der Waals surface area contributed by atoms with E-state index in [9.17, 15) is 18.0 Å². The summed E-state index contributed by atoms with van der Waals surface area (Å²) in [6.07, 6.45) is -2.43. The van der Waals surface area contributed by atoms with Crippen molar-refractivity contribution in [3.63, 3.8) is 0 Å². The van der Waals surface area contributed by atoms with Crippen LogP contribution in [0.4, 0.5) is 13.2 Å². The van der Waals surface area contributed by atoms with Gasteiger partial charge in [-0.25, -0.2) is 9.78 Å². The minimum Gasteiger partial charge on any atom is -0.478 e. The number of aromatic carboxylic acids is 1. The van der Waals surface area contributed by atoms with Gasteiger partial charge in [0.1, 0.15) is 11.3 Å². The molecule has 0 aromatic carbocycles. The fourth-order valence-electron chi connectivity index (χ4n) is 1.42. The number of carbonyl (C=O) groups is 1. The van der Waals surface area contributed by atoms with E-state index in [1.807, 2.05) is 0 Å². The van der Waals surface area contributed by atoms with E-state index in [-0.39, 0.29) is 17.1 Å². The molecule has 0 saturated carbocycles. The Bertz CT molecular complexity index is 607. The summed E-state index contributed by atoms with van der Waals surface area (Å²) in [5, 5.41) is 9.22. The average Bonchev–Trinajstić information content (AvgIpc) is 2.84. The third-order valence-electron chi connectivity index (χ3n) is 2.39. The Morgan fingerprint density at radius 3 is 2.65 bits per heavy atom. The quantitative estimate of drug-likeness (QED) is 0.873. The molecular formula is C12H8F3NO3S. The highest BCUT2D eigenvalue weighted by atomic mass is 32.2. The number of aromatic nitrogens is 1. The number of halogens is 3. The van der Waals surface area contributed by atoms with Gasteiger partial charge in [0.25, 0.3) is 0 Å². The summed E-state index contributed by atoms with van der Waals surface area (Å²) < 4.78 is 42.0.